The van der Waals surface area contributed by atoms with Crippen LogP contribution >= 0.6 is 11.6 Å². The van der Waals surface area contributed by atoms with Gasteiger partial charge in [0.1, 0.15) is 5.69 Å². The molecule has 28 heavy (non-hydrogen) atoms. The van der Waals surface area contributed by atoms with Crippen molar-refractivity contribution in [3.63, 3.8) is 0 Å². The highest BCUT2D eigenvalue weighted by Gasteiger charge is 2.27. The summed E-state index contributed by atoms with van der Waals surface area (Å²) in [6.45, 7) is 1.31. The molecule has 1 fully saturated rings. The van der Waals surface area contributed by atoms with E-state index in [9.17, 15) is 9.59 Å². The van der Waals surface area contributed by atoms with Crippen LogP contribution in [0.3, 0.4) is 0 Å². The fourth-order valence-electron chi connectivity index (χ4n) is 4.10. The fourth-order valence-corrected chi connectivity index (χ4v) is 4.28. The van der Waals surface area contributed by atoms with E-state index in [1.807, 2.05) is 41.3 Å². The molecule has 1 saturated heterocycles. The van der Waals surface area contributed by atoms with Crippen LogP contribution in [0.1, 0.15) is 34.8 Å². The summed E-state index contributed by atoms with van der Waals surface area (Å²) in [6.07, 6.45) is 1.65. The lowest BCUT2D eigenvalue weighted by molar-refractivity contribution is 0.0708. The Hall–Kier alpha value is -2.99. The summed E-state index contributed by atoms with van der Waals surface area (Å²) in [7, 11) is 0. The molecule has 1 aliphatic heterocycles. The van der Waals surface area contributed by atoms with Crippen molar-refractivity contribution in [1.82, 2.24) is 14.9 Å². The average Bonchev–Trinajstić information content (AvgIpc) is 3.29. The molecular formula is C21H18ClN3O3. The second-order valence-electron chi connectivity index (χ2n) is 7.22. The number of likely N-dealkylation sites (tertiary alicyclic amines) is 1. The topological polar surface area (TPSA) is 82.1 Å². The molecule has 0 radical (unpaired) electrons. The van der Waals surface area contributed by atoms with Gasteiger partial charge in [0, 0.05) is 34.6 Å². The number of piperidine rings is 1. The Morgan fingerprint density at radius 1 is 1.07 bits per heavy atom. The highest BCUT2D eigenvalue weighted by atomic mass is 35.5. The molecule has 3 heterocycles. The van der Waals surface area contributed by atoms with Gasteiger partial charge < -0.3 is 14.3 Å². The number of carbonyl (C=O) groups excluding carboxylic acids is 1. The average molecular weight is 396 g/mol. The zero-order chi connectivity index (χ0) is 19.3. The lowest BCUT2D eigenvalue weighted by atomic mass is 9.89. The minimum Gasteiger partial charge on any atom is -0.408 e. The van der Waals surface area contributed by atoms with Crippen molar-refractivity contribution in [2.45, 2.75) is 18.8 Å². The van der Waals surface area contributed by atoms with Crippen molar-refractivity contribution >= 4 is 39.5 Å². The lowest BCUT2D eigenvalue weighted by Crippen LogP contribution is -2.38. The van der Waals surface area contributed by atoms with E-state index in [1.165, 1.54) is 0 Å². The molecule has 1 aliphatic rings. The van der Waals surface area contributed by atoms with Gasteiger partial charge in [0.05, 0.1) is 5.52 Å². The van der Waals surface area contributed by atoms with Gasteiger partial charge in [0.25, 0.3) is 5.91 Å². The number of nitrogens with one attached hydrogen (secondary N) is 2. The van der Waals surface area contributed by atoms with Gasteiger partial charge in [-0.1, -0.05) is 23.7 Å². The predicted octanol–water partition coefficient (Wildman–Crippen LogP) is 4.28. The Labute approximate surface area is 165 Å². The molecule has 7 heteroatoms. The number of rotatable bonds is 2. The van der Waals surface area contributed by atoms with E-state index in [0.29, 0.717) is 29.4 Å². The Kier molecular flexibility index (Phi) is 4.02. The summed E-state index contributed by atoms with van der Waals surface area (Å²) in [4.78, 5) is 32.2. The Morgan fingerprint density at radius 3 is 2.71 bits per heavy atom. The molecular weight excluding hydrogens is 378 g/mol. The predicted molar refractivity (Wildman–Crippen MR) is 108 cm³/mol. The van der Waals surface area contributed by atoms with Crippen molar-refractivity contribution in [3.8, 4) is 0 Å². The van der Waals surface area contributed by atoms with Crippen molar-refractivity contribution in [2.24, 2.45) is 0 Å². The van der Waals surface area contributed by atoms with Gasteiger partial charge in [0.15, 0.2) is 5.58 Å². The van der Waals surface area contributed by atoms with Gasteiger partial charge >= 0.3 is 5.76 Å². The molecule has 1 amide bonds. The van der Waals surface area contributed by atoms with Crippen LogP contribution in [0, 0.1) is 0 Å². The number of hydrogen-bond donors (Lipinski definition) is 2. The molecule has 4 aromatic rings. The van der Waals surface area contributed by atoms with E-state index >= 15 is 0 Å². The molecule has 0 aliphatic carbocycles. The fraction of sp³-hybridized carbons (Fsp3) is 0.238. The first kappa shape index (κ1) is 17.1. The first-order chi connectivity index (χ1) is 13.6. The maximum atomic E-state index is 12.9. The van der Waals surface area contributed by atoms with Crippen molar-refractivity contribution in [2.75, 3.05) is 13.1 Å². The quantitative estimate of drug-likeness (QED) is 0.531. The van der Waals surface area contributed by atoms with E-state index in [4.69, 9.17) is 16.0 Å². The number of carbonyl (C=O) groups is 1. The summed E-state index contributed by atoms with van der Waals surface area (Å²) in [5.74, 6) is -0.181. The number of aromatic nitrogens is 2. The molecule has 6 nitrogen and oxygen atoms in total. The minimum atomic E-state index is -0.436. The summed E-state index contributed by atoms with van der Waals surface area (Å²) in [6, 6.07) is 13.2. The van der Waals surface area contributed by atoms with Gasteiger partial charge in [-0.15, -0.1) is 0 Å². The smallest absolute Gasteiger partial charge is 0.408 e. The van der Waals surface area contributed by atoms with Crippen molar-refractivity contribution < 1.29 is 9.21 Å². The van der Waals surface area contributed by atoms with Crippen LogP contribution in [0.2, 0.25) is 5.02 Å². The van der Waals surface area contributed by atoms with Crippen molar-refractivity contribution in [1.29, 1.82) is 0 Å². The lowest BCUT2D eigenvalue weighted by Gasteiger charge is -2.32. The maximum absolute atomic E-state index is 12.9. The van der Waals surface area contributed by atoms with Gasteiger partial charge in [-0.25, -0.2) is 4.79 Å². The summed E-state index contributed by atoms with van der Waals surface area (Å²) < 4.78 is 5.33. The Morgan fingerprint density at radius 2 is 1.89 bits per heavy atom. The molecule has 0 spiro atoms. The number of nitrogens with zero attached hydrogens (tertiary/aromatic N) is 1. The largest absolute Gasteiger partial charge is 0.417 e. The number of benzene rings is 2. The highest BCUT2D eigenvalue weighted by molar-refractivity contribution is 6.31. The van der Waals surface area contributed by atoms with Crippen LogP contribution in [-0.4, -0.2) is 33.9 Å². The molecule has 2 aromatic heterocycles. The van der Waals surface area contributed by atoms with E-state index < -0.39 is 5.76 Å². The first-order valence-corrected chi connectivity index (χ1v) is 9.65. The molecule has 2 aromatic carbocycles. The number of oxazole rings is 1. The van der Waals surface area contributed by atoms with Crippen LogP contribution in [0.5, 0.6) is 0 Å². The standard InChI is InChI=1S/C21H18ClN3O3/c22-14-4-5-16-13(10-14)11-18(23-16)20(26)25-8-6-12(7-9-25)15-2-1-3-17-19(15)28-21(27)24-17/h1-5,10-12,23H,6-9H2,(H,24,27). The molecule has 2 N–H and O–H groups in total. The second-order valence-corrected chi connectivity index (χ2v) is 7.66. The third-order valence-corrected chi connectivity index (χ3v) is 5.75. The van der Waals surface area contributed by atoms with E-state index in [1.54, 1.807) is 6.07 Å². The third kappa shape index (κ3) is 2.90. The highest BCUT2D eigenvalue weighted by Crippen LogP contribution is 2.33. The number of para-hydroxylation sites is 1. The van der Waals surface area contributed by atoms with Crippen LogP contribution in [0.4, 0.5) is 0 Å². The van der Waals surface area contributed by atoms with Gasteiger partial charge in [-0.3, -0.25) is 9.78 Å². The van der Waals surface area contributed by atoms with E-state index in [0.717, 1.165) is 34.8 Å². The molecule has 142 valence electrons. The monoisotopic (exact) mass is 395 g/mol. The minimum absolute atomic E-state index is 0.00263. The number of amides is 1. The number of fused-ring (bicyclic) bond motifs is 2. The number of hydrogen-bond acceptors (Lipinski definition) is 3. The van der Waals surface area contributed by atoms with Gasteiger partial charge in [-0.2, -0.15) is 0 Å². The van der Waals surface area contributed by atoms with Crippen LogP contribution in [0.15, 0.2) is 51.7 Å². The Bertz CT molecular complexity index is 1240. The first-order valence-electron chi connectivity index (χ1n) is 9.28. The third-order valence-electron chi connectivity index (χ3n) is 5.51. The van der Waals surface area contributed by atoms with Crippen LogP contribution in [0.25, 0.3) is 22.0 Å². The SMILES string of the molecule is O=C(c1cc2cc(Cl)ccc2[nH]1)N1CCC(c2cccc3[nH]c(=O)oc23)CC1. The van der Waals surface area contributed by atoms with Crippen LogP contribution in [-0.2, 0) is 0 Å². The molecule has 0 saturated carbocycles. The van der Waals surface area contributed by atoms with E-state index in [-0.39, 0.29) is 11.8 Å². The normalized spacial score (nSPS) is 15.5. The zero-order valence-corrected chi connectivity index (χ0v) is 15.8. The van der Waals surface area contributed by atoms with Crippen LogP contribution < -0.4 is 5.76 Å². The molecule has 0 unspecified atom stereocenters. The number of H-pyrrole nitrogens is 2. The van der Waals surface area contributed by atoms with Gasteiger partial charge in [-0.05, 0) is 49.1 Å². The molecule has 0 atom stereocenters. The zero-order valence-electron chi connectivity index (χ0n) is 15.0. The number of halogens is 1. The molecule has 5 rings (SSSR count). The molecule has 0 bridgehead atoms. The van der Waals surface area contributed by atoms with E-state index in [2.05, 4.69) is 9.97 Å². The summed E-state index contributed by atoms with van der Waals surface area (Å²) in [5, 5.41) is 1.58. The van der Waals surface area contributed by atoms with Crippen molar-refractivity contribution in [3.05, 3.63) is 69.3 Å². The summed E-state index contributed by atoms with van der Waals surface area (Å²) in [5.41, 5.74) is 3.86. The summed E-state index contributed by atoms with van der Waals surface area (Å²) >= 11 is 6.03. The second kappa shape index (κ2) is 6.56. The van der Waals surface area contributed by atoms with Gasteiger partial charge in [0.2, 0.25) is 0 Å². The Balaban J connectivity index is 1.34. The number of aromatic amines is 2. The maximum Gasteiger partial charge on any atom is 0.417 e.